The maximum absolute atomic E-state index is 14.2. The number of carbonyl (C=O) groups is 1. The number of rotatable bonds is 3. The van der Waals surface area contributed by atoms with Crippen molar-refractivity contribution < 1.29 is 13.6 Å². The van der Waals surface area contributed by atoms with E-state index in [1.165, 1.54) is 0 Å². The van der Waals surface area contributed by atoms with Gasteiger partial charge in [0.05, 0.1) is 38.6 Å². The van der Waals surface area contributed by atoms with Crippen LogP contribution in [0.3, 0.4) is 0 Å². The van der Waals surface area contributed by atoms with Crippen molar-refractivity contribution in [2.45, 2.75) is 0 Å². The molecule has 0 saturated carbocycles. The number of hydrogen-bond donors (Lipinski definition) is 1. The molecule has 1 amide bonds. The lowest BCUT2D eigenvalue weighted by Crippen LogP contribution is -2.15. The molecule has 0 bridgehead atoms. The predicted octanol–water partition coefficient (Wildman–Crippen LogP) is 7.30. The molecule has 149 valence electrons. The van der Waals surface area contributed by atoms with Gasteiger partial charge < -0.3 is 5.32 Å². The molecule has 0 aliphatic carbocycles. The summed E-state index contributed by atoms with van der Waals surface area (Å²) in [5.41, 5.74) is 1.21. The lowest BCUT2D eigenvalue weighted by atomic mass is 10.0. The second-order valence-electron chi connectivity index (χ2n) is 6.29. The van der Waals surface area contributed by atoms with Crippen LogP contribution in [0.2, 0.25) is 10.0 Å². The van der Waals surface area contributed by atoms with Gasteiger partial charge in [-0.25, -0.2) is 13.8 Å². The summed E-state index contributed by atoms with van der Waals surface area (Å²) in [6.45, 7) is 0. The quantitative estimate of drug-likeness (QED) is 0.296. The topological polar surface area (TPSA) is 42.0 Å². The first-order valence-corrected chi connectivity index (χ1v) is 10.1. The van der Waals surface area contributed by atoms with Crippen molar-refractivity contribution in [2.75, 3.05) is 5.32 Å². The normalized spacial score (nSPS) is 11.0. The zero-order valence-corrected chi connectivity index (χ0v) is 18.0. The van der Waals surface area contributed by atoms with Gasteiger partial charge in [0.1, 0.15) is 5.82 Å². The molecule has 30 heavy (non-hydrogen) atoms. The molecule has 0 unspecified atom stereocenters. The van der Waals surface area contributed by atoms with E-state index in [2.05, 4.69) is 32.3 Å². The minimum absolute atomic E-state index is 0.0741. The average Bonchev–Trinajstić information content (AvgIpc) is 2.72. The van der Waals surface area contributed by atoms with Crippen molar-refractivity contribution >= 4 is 61.6 Å². The minimum atomic E-state index is -0.980. The van der Waals surface area contributed by atoms with Crippen LogP contribution in [-0.4, -0.2) is 10.9 Å². The maximum atomic E-state index is 14.2. The van der Waals surface area contributed by atoms with Gasteiger partial charge >= 0.3 is 0 Å². The Morgan fingerprint density at radius 2 is 1.80 bits per heavy atom. The van der Waals surface area contributed by atoms with Crippen LogP contribution >= 0.6 is 39.1 Å². The number of nitrogens with zero attached hydrogens (tertiary/aromatic N) is 1. The van der Waals surface area contributed by atoms with Crippen LogP contribution in [0.4, 0.5) is 14.5 Å². The minimum Gasteiger partial charge on any atom is -0.319 e. The molecule has 1 radical (unpaired) electrons. The molecule has 0 aliphatic heterocycles. The lowest BCUT2D eigenvalue weighted by Gasteiger charge is -2.14. The number of nitrogens with one attached hydrogen (secondary N) is 1. The highest BCUT2D eigenvalue weighted by Crippen LogP contribution is 2.35. The highest BCUT2D eigenvalue weighted by atomic mass is 79.9. The van der Waals surface area contributed by atoms with E-state index in [-0.39, 0.29) is 10.6 Å². The first-order chi connectivity index (χ1) is 14.3. The van der Waals surface area contributed by atoms with Gasteiger partial charge in [-0.2, -0.15) is 0 Å². The smallest absolute Gasteiger partial charge is 0.258 e. The molecule has 1 N–H and O–H groups in total. The fourth-order valence-corrected chi connectivity index (χ4v) is 3.81. The molecule has 1 aromatic heterocycles. The summed E-state index contributed by atoms with van der Waals surface area (Å²) < 4.78 is 28.6. The Balaban J connectivity index is 1.90. The molecule has 3 aromatic carbocycles. The fraction of sp³-hybridized carbons (Fsp3) is 0. The lowest BCUT2D eigenvalue weighted by molar-refractivity contribution is 0.102. The third-order valence-electron chi connectivity index (χ3n) is 4.34. The summed E-state index contributed by atoms with van der Waals surface area (Å²) in [7, 11) is 0. The third-order valence-corrected chi connectivity index (χ3v) is 5.47. The Bertz CT molecular complexity index is 1300. The van der Waals surface area contributed by atoms with Gasteiger partial charge in [0.15, 0.2) is 5.82 Å². The molecular formula is C22H10BrCl2F2N2O. The van der Waals surface area contributed by atoms with Crippen LogP contribution in [-0.2, 0) is 0 Å². The number of fused-ring (bicyclic) bond motifs is 1. The van der Waals surface area contributed by atoms with Gasteiger partial charge in [-0.05, 0) is 24.3 Å². The van der Waals surface area contributed by atoms with Crippen molar-refractivity contribution in [3.8, 4) is 11.3 Å². The molecule has 4 aromatic rings. The van der Waals surface area contributed by atoms with Crippen molar-refractivity contribution in [1.29, 1.82) is 0 Å². The monoisotopic (exact) mass is 505 g/mol. The molecule has 1 heterocycles. The molecule has 4 rings (SSSR count). The Morgan fingerprint density at radius 1 is 1.07 bits per heavy atom. The summed E-state index contributed by atoms with van der Waals surface area (Å²) in [4.78, 5) is 17.7. The summed E-state index contributed by atoms with van der Waals surface area (Å²) in [6, 6.07) is 17.2. The number of benzene rings is 3. The standard InChI is InChI=1S/C22H10BrCl2F2N2O/c23-12-6-7-17-13(8-12)19(20(25)21(28-17)11-4-2-1-3-5-11)22(30)29-18-10-15(26)14(24)9-16(18)27/h1-9H,(H,29,30). The summed E-state index contributed by atoms with van der Waals surface area (Å²) in [5.74, 6) is -2.64. The average molecular weight is 507 g/mol. The first-order valence-electron chi connectivity index (χ1n) is 8.57. The molecule has 0 aliphatic rings. The van der Waals surface area contributed by atoms with E-state index in [0.29, 0.717) is 26.6 Å². The second kappa shape index (κ2) is 8.30. The van der Waals surface area contributed by atoms with Crippen LogP contribution in [0.25, 0.3) is 22.2 Å². The summed E-state index contributed by atoms with van der Waals surface area (Å²) >= 11 is 15.5. The molecular weight excluding hydrogens is 497 g/mol. The number of halogens is 5. The highest BCUT2D eigenvalue weighted by Gasteiger charge is 2.22. The Kier molecular flexibility index (Phi) is 5.73. The molecule has 0 saturated heterocycles. The van der Waals surface area contributed by atoms with Crippen molar-refractivity contribution in [2.24, 2.45) is 0 Å². The van der Waals surface area contributed by atoms with Gasteiger partial charge in [-0.3, -0.25) is 4.79 Å². The van der Waals surface area contributed by atoms with Crippen LogP contribution in [0.15, 0.2) is 59.1 Å². The number of aromatic nitrogens is 1. The van der Waals surface area contributed by atoms with Crippen molar-refractivity contribution in [3.63, 3.8) is 0 Å². The Hall–Kier alpha value is -2.54. The van der Waals surface area contributed by atoms with E-state index in [4.69, 9.17) is 23.2 Å². The third kappa shape index (κ3) is 3.90. The molecule has 3 nitrogen and oxygen atoms in total. The van der Waals surface area contributed by atoms with E-state index in [9.17, 15) is 13.6 Å². The number of anilines is 1. The van der Waals surface area contributed by atoms with Gasteiger partial charge in [-0.15, -0.1) is 0 Å². The van der Waals surface area contributed by atoms with E-state index in [1.54, 1.807) is 18.2 Å². The van der Waals surface area contributed by atoms with E-state index >= 15 is 0 Å². The van der Waals surface area contributed by atoms with Gasteiger partial charge in [0.2, 0.25) is 0 Å². The van der Waals surface area contributed by atoms with Crippen LogP contribution in [0.1, 0.15) is 10.4 Å². The van der Waals surface area contributed by atoms with Crippen LogP contribution < -0.4 is 5.32 Å². The zero-order valence-electron chi connectivity index (χ0n) is 14.9. The second-order valence-corrected chi connectivity index (χ2v) is 7.99. The first kappa shape index (κ1) is 20.7. The maximum Gasteiger partial charge on any atom is 0.258 e. The number of pyridine rings is 1. The fourth-order valence-electron chi connectivity index (χ4n) is 2.96. The predicted molar refractivity (Wildman–Crippen MR) is 118 cm³/mol. The summed E-state index contributed by atoms with van der Waals surface area (Å²) in [6.07, 6.45) is 0. The number of amides is 1. The van der Waals surface area contributed by atoms with Crippen molar-refractivity contribution in [1.82, 2.24) is 4.98 Å². The Labute approximate surface area is 188 Å². The van der Waals surface area contributed by atoms with Crippen LogP contribution in [0, 0.1) is 17.7 Å². The van der Waals surface area contributed by atoms with Crippen molar-refractivity contribution in [3.05, 3.63) is 92.4 Å². The van der Waals surface area contributed by atoms with E-state index in [0.717, 1.165) is 6.07 Å². The number of carbonyl (C=O) groups excluding carboxylic acids is 1. The molecule has 0 fully saturated rings. The molecule has 0 atom stereocenters. The van der Waals surface area contributed by atoms with Gasteiger partial charge in [0.25, 0.3) is 5.91 Å². The van der Waals surface area contributed by atoms with Gasteiger partial charge in [-0.1, -0.05) is 69.5 Å². The largest absolute Gasteiger partial charge is 0.319 e. The molecule has 8 heteroatoms. The zero-order chi connectivity index (χ0) is 21.4. The Morgan fingerprint density at radius 3 is 2.53 bits per heavy atom. The van der Waals surface area contributed by atoms with E-state index in [1.807, 2.05) is 30.3 Å². The van der Waals surface area contributed by atoms with Gasteiger partial charge in [0, 0.05) is 15.4 Å². The van der Waals surface area contributed by atoms with E-state index < -0.39 is 28.3 Å². The molecule has 0 spiro atoms. The van der Waals surface area contributed by atoms with Crippen LogP contribution in [0.5, 0.6) is 0 Å². The SMILES string of the molecule is O=C(Nc1[c]c(F)c(Cl)cc1F)c1c(Cl)c(-c2ccccc2)nc2ccc(Br)cc12. The highest BCUT2D eigenvalue weighted by molar-refractivity contribution is 9.10. The summed E-state index contributed by atoms with van der Waals surface area (Å²) in [5, 5.41) is 2.42. The number of hydrogen-bond acceptors (Lipinski definition) is 2.